The maximum absolute atomic E-state index is 13.7. The molecule has 0 bridgehead atoms. The normalized spacial score (nSPS) is 20.2. The highest BCUT2D eigenvalue weighted by Crippen LogP contribution is 2.28. The fourth-order valence-electron chi connectivity index (χ4n) is 2.89. The zero-order chi connectivity index (χ0) is 14.1. The van der Waals surface area contributed by atoms with Crippen LogP contribution in [0.15, 0.2) is 30.7 Å². The predicted molar refractivity (Wildman–Crippen MR) is 77.4 cm³/mol. The average molecular weight is 273 g/mol. The summed E-state index contributed by atoms with van der Waals surface area (Å²) >= 11 is 0. The van der Waals surface area contributed by atoms with E-state index in [-0.39, 0.29) is 11.9 Å². The monoisotopic (exact) mass is 273 g/mol. The van der Waals surface area contributed by atoms with Gasteiger partial charge in [-0.25, -0.2) is 9.37 Å². The maximum Gasteiger partial charge on any atom is 0.126 e. The molecule has 0 spiro atoms. The van der Waals surface area contributed by atoms with Crippen LogP contribution >= 0.6 is 0 Å². The van der Waals surface area contributed by atoms with Crippen LogP contribution in [0.1, 0.15) is 42.1 Å². The minimum absolute atomic E-state index is 0.100. The van der Waals surface area contributed by atoms with Gasteiger partial charge in [-0.05, 0) is 44.0 Å². The molecular formula is C16H20FN3. The van der Waals surface area contributed by atoms with Crippen LogP contribution in [0.25, 0.3) is 0 Å². The van der Waals surface area contributed by atoms with Crippen molar-refractivity contribution < 1.29 is 4.39 Å². The summed E-state index contributed by atoms with van der Waals surface area (Å²) in [4.78, 5) is 4.29. The molecule has 0 aliphatic carbocycles. The van der Waals surface area contributed by atoms with E-state index in [1.807, 2.05) is 24.7 Å². The largest absolute Gasteiger partial charge is 0.327 e. The topological polar surface area (TPSA) is 29.9 Å². The molecule has 1 N–H and O–H groups in total. The first-order valence-corrected chi connectivity index (χ1v) is 7.15. The van der Waals surface area contributed by atoms with E-state index in [9.17, 15) is 4.39 Å². The van der Waals surface area contributed by atoms with Gasteiger partial charge < -0.3 is 9.88 Å². The summed E-state index contributed by atoms with van der Waals surface area (Å²) in [7, 11) is 0. The van der Waals surface area contributed by atoms with Crippen molar-refractivity contribution in [1.82, 2.24) is 14.9 Å². The van der Waals surface area contributed by atoms with E-state index in [4.69, 9.17) is 0 Å². The Bertz CT molecular complexity index is 600. The van der Waals surface area contributed by atoms with Gasteiger partial charge in [0.05, 0.1) is 12.4 Å². The van der Waals surface area contributed by atoms with Crippen molar-refractivity contribution in [2.24, 2.45) is 0 Å². The smallest absolute Gasteiger partial charge is 0.126 e. The van der Waals surface area contributed by atoms with E-state index in [2.05, 4.69) is 21.8 Å². The quantitative estimate of drug-likeness (QED) is 0.931. The molecule has 1 aliphatic heterocycles. The van der Waals surface area contributed by atoms with Crippen LogP contribution in [-0.4, -0.2) is 22.6 Å². The van der Waals surface area contributed by atoms with Gasteiger partial charge in [0.1, 0.15) is 5.82 Å². The van der Waals surface area contributed by atoms with Gasteiger partial charge >= 0.3 is 0 Å². The van der Waals surface area contributed by atoms with Gasteiger partial charge in [0.2, 0.25) is 0 Å². The van der Waals surface area contributed by atoms with Gasteiger partial charge in [0, 0.05) is 24.4 Å². The first kappa shape index (κ1) is 13.3. The summed E-state index contributed by atoms with van der Waals surface area (Å²) in [5, 5.41) is 3.38. The molecule has 0 amide bonds. The number of benzene rings is 1. The molecule has 20 heavy (non-hydrogen) atoms. The van der Waals surface area contributed by atoms with Gasteiger partial charge in [-0.2, -0.15) is 0 Å². The van der Waals surface area contributed by atoms with Crippen LogP contribution < -0.4 is 5.32 Å². The van der Waals surface area contributed by atoms with Crippen LogP contribution in [0.4, 0.5) is 4.39 Å². The van der Waals surface area contributed by atoms with E-state index in [1.54, 1.807) is 13.0 Å². The van der Waals surface area contributed by atoms with Crippen molar-refractivity contribution in [3.63, 3.8) is 0 Å². The molecule has 0 radical (unpaired) electrons. The van der Waals surface area contributed by atoms with Crippen molar-refractivity contribution in [3.8, 4) is 0 Å². The lowest BCUT2D eigenvalue weighted by Crippen LogP contribution is -2.14. The van der Waals surface area contributed by atoms with Gasteiger partial charge in [-0.3, -0.25) is 0 Å². The molecule has 2 unspecified atom stereocenters. The molecule has 1 aromatic heterocycles. The number of aryl methyl sites for hydroxylation is 1. The lowest BCUT2D eigenvalue weighted by molar-refractivity contribution is 0.564. The van der Waals surface area contributed by atoms with E-state index in [1.165, 1.54) is 5.69 Å². The summed E-state index contributed by atoms with van der Waals surface area (Å²) in [5.74, 6) is 0.369. The first-order valence-electron chi connectivity index (χ1n) is 7.15. The molecule has 1 fully saturated rings. The Balaban J connectivity index is 1.92. The molecule has 4 heteroatoms. The minimum Gasteiger partial charge on any atom is -0.327 e. The number of hydrogen-bond donors (Lipinski definition) is 1. The summed E-state index contributed by atoms with van der Waals surface area (Å²) in [6.07, 6.45) is 4.94. The Morgan fingerprint density at radius 2 is 2.30 bits per heavy atom. The Labute approximate surface area is 118 Å². The molecule has 3 rings (SSSR count). The van der Waals surface area contributed by atoms with Crippen molar-refractivity contribution in [3.05, 3.63) is 53.4 Å². The summed E-state index contributed by atoms with van der Waals surface area (Å²) in [6.45, 7) is 5.94. The number of nitrogens with one attached hydrogen (secondary N) is 1. The van der Waals surface area contributed by atoms with Crippen LogP contribution in [0.3, 0.4) is 0 Å². The number of rotatable bonds is 3. The Morgan fingerprint density at radius 3 is 3.00 bits per heavy atom. The molecule has 106 valence electrons. The molecule has 1 aliphatic rings. The van der Waals surface area contributed by atoms with Gasteiger partial charge in [0.15, 0.2) is 0 Å². The van der Waals surface area contributed by atoms with Crippen molar-refractivity contribution in [1.29, 1.82) is 0 Å². The number of aromatic nitrogens is 2. The molecular weight excluding hydrogens is 253 g/mol. The lowest BCUT2D eigenvalue weighted by atomic mass is 10.0. The number of imidazole rings is 1. The van der Waals surface area contributed by atoms with E-state index < -0.39 is 0 Å². The highest BCUT2D eigenvalue weighted by molar-refractivity contribution is 5.27. The third-order valence-electron chi connectivity index (χ3n) is 4.27. The number of halogens is 1. The fraction of sp³-hybridized carbons (Fsp3) is 0.438. The van der Waals surface area contributed by atoms with Gasteiger partial charge in [0.25, 0.3) is 0 Å². The van der Waals surface area contributed by atoms with Crippen LogP contribution in [0.5, 0.6) is 0 Å². The van der Waals surface area contributed by atoms with Crippen LogP contribution in [-0.2, 0) is 0 Å². The second-order valence-electron chi connectivity index (χ2n) is 5.60. The highest BCUT2D eigenvalue weighted by Gasteiger charge is 2.22. The molecule has 2 atom stereocenters. The number of nitrogens with zero attached hydrogens (tertiary/aromatic N) is 2. The first-order chi connectivity index (χ1) is 9.66. The molecule has 0 saturated carbocycles. The average Bonchev–Trinajstić information content (AvgIpc) is 3.10. The van der Waals surface area contributed by atoms with E-state index >= 15 is 0 Å². The number of hydrogen-bond acceptors (Lipinski definition) is 2. The maximum atomic E-state index is 13.7. The SMILES string of the molecule is Cc1ccc(C(C)n2cncc2C2CCNC2)cc1F. The summed E-state index contributed by atoms with van der Waals surface area (Å²) in [6, 6.07) is 5.58. The highest BCUT2D eigenvalue weighted by atomic mass is 19.1. The van der Waals surface area contributed by atoms with Crippen LogP contribution in [0, 0.1) is 12.7 Å². The Morgan fingerprint density at radius 1 is 1.45 bits per heavy atom. The standard InChI is InChI=1S/C16H20FN3/c1-11-3-4-13(7-15(11)17)12(2)20-10-19-9-16(20)14-5-6-18-8-14/h3-4,7,9-10,12,14,18H,5-6,8H2,1-2H3. The van der Waals surface area contributed by atoms with Gasteiger partial charge in [-0.15, -0.1) is 0 Å². The third kappa shape index (κ3) is 2.36. The minimum atomic E-state index is -0.140. The van der Waals surface area contributed by atoms with Crippen molar-refractivity contribution in [2.75, 3.05) is 13.1 Å². The third-order valence-corrected chi connectivity index (χ3v) is 4.27. The second-order valence-corrected chi connectivity index (χ2v) is 5.60. The zero-order valence-corrected chi connectivity index (χ0v) is 11.9. The van der Waals surface area contributed by atoms with E-state index in [0.29, 0.717) is 11.5 Å². The van der Waals surface area contributed by atoms with Crippen molar-refractivity contribution >= 4 is 0 Å². The summed E-state index contributed by atoms with van der Waals surface area (Å²) in [5.41, 5.74) is 2.91. The van der Waals surface area contributed by atoms with E-state index in [0.717, 1.165) is 25.1 Å². The van der Waals surface area contributed by atoms with Gasteiger partial charge in [-0.1, -0.05) is 12.1 Å². The molecule has 2 heterocycles. The van der Waals surface area contributed by atoms with Crippen LogP contribution in [0.2, 0.25) is 0 Å². The molecule has 3 nitrogen and oxygen atoms in total. The molecule has 1 aromatic carbocycles. The fourth-order valence-corrected chi connectivity index (χ4v) is 2.89. The molecule has 1 saturated heterocycles. The Kier molecular flexibility index (Phi) is 3.57. The summed E-state index contributed by atoms with van der Waals surface area (Å²) < 4.78 is 15.9. The Hall–Kier alpha value is -1.68. The lowest BCUT2D eigenvalue weighted by Gasteiger charge is -2.20. The van der Waals surface area contributed by atoms with Crippen molar-refractivity contribution in [2.45, 2.75) is 32.2 Å². The zero-order valence-electron chi connectivity index (χ0n) is 11.9. The predicted octanol–water partition coefficient (Wildman–Crippen LogP) is 3.02. The molecule has 2 aromatic rings. The second kappa shape index (κ2) is 5.37.